The van der Waals surface area contributed by atoms with Gasteiger partial charge in [0.25, 0.3) is 0 Å². The molecule has 2 unspecified atom stereocenters. The first kappa shape index (κ1) is 10.4. The molecule has 3 heteroatoms. The summed E-state index contributed by atoms with van der Waals surface area (Å²) in [5, 5.41) is 3.39. The molecule has 1 saturated heterocycles. The Morgan fingerprint density at radius 1 is 1.21 bits per heavy atom. The van der Waals surface area contributed by atoms with Gasteiger partial charge in [0.05, 0.1) is 0 Å². The molecular weight excluding hydrogens is 174 g/mol. The quantitative estimate of drug-likeness (QED) is 0.674. The molecule has 3 N–H and O–H groups in total. The molecule has 1 saturated carbocycles. The molecule has 0 bridgehead atoms. The fourth-order valence-electron chi connectivity index (χ4n) is 2.76. The van der Waals surface area contributed by atoms with Crippen LogP contribution < -0.4 is 11.1 Å². The van der Waals surface area contributed by atoms with Gasteiger partial charge in [-0.25, -0.2) is 0 Å². The summed E-state index contributed by atoms with van der Waals surface area (Å²) in [5.74, 6) is 0.872. The Hall–Kier alpha value is -0.120. The zero-order chi connectivity index (χ0) is 9.80. The zero-order valence-electron chi connectivity index (χ0n) is 9.04. The van der Waals surface area contributed by atoms with Gasteiger partial charge in [-0.15, -0.1) is 0 Å². The van der Waals surface area contributed by atoms with Crippen LogP contribution in [0, 0.1) is 5.92 Å². The normalized spacial score (nSPS) is 35.8. The molecule has 1 heterocycles. The van der Waals surface area contributed by atoms with Gasteiger partial charge < -0.3 is 16.0 Å². The fraction of sp³-hybridized carbons (Fsp3) is 1.00. The van der Waals surface area contributed by atoms with Crippen molar-refractivity contribution in [3.05, 3.63) is 0 Å². The lowest BCUT2D eigenvalue weighted by atomic mass is 9.86. The van der Waals surface area contributed by atoms with Gasteiger partial charge in [0, 0.05) is 38.8 Å². The van der Waals surface area contributed by atoms with Gasteiger partial charge in [-0.1, -0.05) is 6.42 Å². The van der Waals surface area contributed by atoms with Gasteiger partial charge in [-0.05, 0) is 25.2 Å². The van der Waals surface area contributed by atoms with E-state index in [0.717, 1.165) is 5.92 Å². The Balaban J connectivity index is 1.72. The Kier molecular flexibility index (Phi) is 3.79. The predicted octanol–water partition coefficient (Wildman–Crippen LogP) is 0.409. The maximum Gasteiger partial charge on any atom is 0.0107 e. The number of hydrogen-bond donors (Lipinski definition) is 2. The Bertz CT molecular complexity index is 166. The van der Waals surface area contributed by atoms with Crippen LogP contribution in [0.15, 0.2) is 0 Å². The minimum atomic E-state index is 0.483. The van der Waals surface area contributed by atoms with Crippen molar-refractivity contribution < 1.29 is 0 Å². The first-order chi connectivity index (χ1) is 6.84. The molecule has 2 rings (SSSR count). The first-order valence-electron chi connectivity index (χ1n) is 6.03. The van der Waals surface area contributed by atoms with Crippen molar-refractivity contribution in [3.8, 4) is 0 Å². The third kappa shape index (κ3) is 2.94. The molecule has 0 aromatic rings. The molecule has 0 amide bonds. The molecule has 3 nitrogen and oxygen atoms in total. The van der Waals surface area contributed by atoms with Crippen LogP contribution in [0.4, 0.5) is 0 Å². The van der Waals surface area contributed by atoms with Crippen LogP contribution in [-0.4, -0.2) is 43.7 Å². The minimum absolute atomic E-state index is 0.483. The summed E-state index contributed by atoms with van der Waals surface area (Å²) in [5.41, 5.74) is 6.00. The lowest BCUT2D eigenvalue weighted by molar-refractivity contribution is 0.176. The topological polar surface area (TPSA) is 41.3 Å². The van der Waals surface area contributed by atoms with Gasteiger partial charge in [0.15, 0.2) is 0 Å². The molecule has 14 heavy (non-hydrogen) atoms. The van der Waals surface area contributed by atoms with Crippen LogP contribution in [0.25, 0.3) is 0 Å². The smallest absolute Gasteiger partial charge is 0.0107 e. The second-order valence-corrected chi connectivity index (χ2v) is 4.84. The highest BCUT2D eigenvalue weighted by Crippen LogP contribution is 2.23. The molecule has 82 valence electrons. The van der Waals surface area contributed by atoms with Crippen molar-refractivity contribution in [2.45, 2.75) is 31.7 Å². The zero-order valence-corrected chi connectivity index (χ0v) is 9.04. The van der Waals surface area contributed by atoms with Crippen LogP contribution >= 0.6 is 0 Å². The van der Waals surface area contributed by atoms with E-state index in [4.69, 9.17) is 5.73 Å². The van der Waals surface area contributed by atoms with Gasteiger partial charge in [-0.3, -0.25) is 0 Å². The van der Waals surface area contributed by atoms with Crippen molar-refractivity contribution in [1.29, 1.82) is 0 Å². The third-order valence-corrected chi connectivity index (χ3v) is 3.55. The van der Waals surface area contributed by atoms with Crippen molar-refractivity contribution in [2.75, 3.05) is 32.7 Å². The number of piperazine rings is 1. The Morgan fingerprint density at radius 3 is 2.71 bits per heavy atom. The number of nitrogens with one attached hydrogen (secondary N) is 1. The SMILES string of the molecule is NC1CCCC(CN2CCNCC2)C1. The van der Waals surface area contributed by atoms with Crippen LogP contribution in [0.3, 0.4) is 0 Å². The predicted molar refractivity (Wildman–Crippen MR) is 59.2 cm³/mol. The second-order valence-electron chi connectivity index (χ2n) is 4.84. The van der Waals surface area contributed by atoms with E-state index in [1.54, 1.807) is 0 Å². The van der Waals surface area contributed by atoms with E-state index in [1.807, 2.05) is 0 Å². The maximum absolute atomic E-state index is 6.00. The number of nitrogens with zero attached hydrogens (tertiary/aromatic N) is 1. The van der Waals surface area contributed by atoms with Crippen molar-refractivity contribution in [3.63, 3.8) is 0 Å². The molecule has 2 atom stereocenters. The average molecular weight is 197 g/mol. The number of hydrogen-bond acceptors (Lipinski definition) is 3. The summed E-state index contributed by atoms with van der Waals surface area (Å²) >= 11 is 0. The highest BCUT2D eigenvalue weighted by atomic mass is 15.2. The summed E-state index contributed by atoms with van der Waals surface area (Å²) in [4.78, 5) is 2.60. The van der Waals surface area contributed by atoms with Crippen LogP contribution in [0.2, 0.25) is 0 Å². The highest BCUT2D eigenvalue weighted by molar-refractivity contribution is 4.79. The lowest BCUT2D eigenvalue weighted by Gasteiger charge is -2.34. The van der Waals surface area contributed by atoms with Crippen molar-refractivity contribution in [1.82, 2.24) is 10.2 Å². The second kappa shape index (κ2) is 5.10. The molecule has 1 aliphatic carbocycles. The number of nitrogens with two attached hydrogens (primary N) is 1. The number of rotatable bonds is 2. The van der Waals surface area contributed by atoms with E-state index in [0.29, 0.717) is 6.04 Å². The summed E-state index contributed by atoms with van der Waals surface area (Å²) in [6.07, 6.45) is 5.25. The fourth-order valence-corrected chi connectivity index (χ4v) is 2.76. The largest absolute Gasteiger partial charge is 0.328 e. The molecule has 0 aromatic carbocycles. The third-order valence-electron chi connectivity index (χ3n) is 3.55. The highest BCUT2D eigenvalue weighted by Gasteiger charge is 2.21. The first-order valence-corrected chi connectivity index (χ1v) is 6.03. The summed E-state index contributed by atoms with van der Waals surface area (Å²) in [7, 11) is 0. The van der Waals surface area contributed by atoms with E-state index < -0.39 is 0 Å². The van der Waals surface area contributed by atoms with E-state index in [2.05, 4.69) is 10.2 Å². The van der Waals surface area contributed by atoms with E-state index >= 15 is 0 Å². The van der Waals surface area contributed by atoms with Gasteiger partial charge >= 0.3 is 0 Å². The van der Waals surface area contributed by atoms with E-state index in [9.17, 15) is 0 Å². The summed E-state index contributed by atoms with van der Waals surface area (Å²) < 4.78 is 0. The summed E-state index contributed by atoms with van der Waals surface area (Å²) in [6.45, 7) is 6.07. The lowest BCUT2D eigenvalue weighted by Crippen LogP contribution is -2.46. The van der Waals surface area contributed by atoms with Gasteiger partial charge in [-0.2, -0.15) is 0 Å². The molecule has 2 fully saturated rings. The molecule has 1 aliphatic heterocycles. The van der Waals surface area contributed by atoms with E-state index in [-0.39, 0.29) is 0 Å². The molecule has 0 spiro atoms. The molecule has 2 aliphatic rings. The molecular formula is C11H23N3. The van der Waals surface area contributed by atoms with Crippen LogP contribution in [-0.2, 0) is 0 Å². The Morgan fingerprint density at radius 2 is 2.00 bits per heavy atom. The summed E-state index contributed by atoms with van der Waals surface area (Å²) in [6, 6.07) is 0.483. The Labute approximate surface area is 87.0 Å². The average Bonchev–Trinajstić information content (AvgIpc) is 2.19. The van der Waals surface area contributed by atoms with Crippen molar-refractivity contribution >= 4 is 0 Å². The van der Waals surface area contributed by atoms with E-state index in [1.165, 1.54) is 58.4 Å². The van der Waals surface area contributed by atoms with Gasteiger partial charge in [0.2, 0.25) is 0 Å². The molecule has 0 radical (unpaired) electrons. The van der Waals surface area contributed by atoms with Crippen LogP contribution in [0.1, 0.15) is 25.7 Å². The van der Waals surface area contributed by atoms with Crippen LogP contribution in [0.5, 0.6) is 0 Å². The standard InChI is InChI=1S/C11H23N3/c12-11-3-1-2-10(8-11)9-14-6-4-13-5-7-14/h10-11,13H,1-9,12H2. The monoisotopic (exact) mass is 197 g/mol. The minimum Gasteiger partial charge on any atom is -0.328 e. The van der Waals surface area contributed by atoms with Gasteiger partial charge in [0.1, 0.15) is 0 Å². The maximum atomic E-state index is 6.00. The van der Waals surface area contributed by atoms with Crippen molar-refractivity contribution in [2.24, 2.45) is 11.7 Å². The molecule has 0 aromatic heterocycles.